The number of ether oxygens (including phenoxy) is 2. The first kappa shape index (κ1) is 14.6. The number of thioether (sulfide) groups is 1. The Kier molecular flexibility index (Phi) is 4.84. The maximum absolute atomic E-state index is 13.4. The van der Waals surface area contributed by atoms with Crippen LogP contribution in [0.25, 0.3) is 0 Å². The van der Waals surface area contributed by atoms with E-state index in [9.17, 15) is 9.18 Å². The normalized spacial score (nSPS) is 16.6. The van der Waals surface area contributed by atoms with Gasteiger partial charge in [0, 0.05) is 18.4 Å². The van der Waals surface area contributed by atoms with Crippen LogP contribution in [0, 0.1) is 5.82 Å². The van der Waals surface area contributed by atoms with Crippen molar-refractivity contribution in [1.29, 1.82) is 0 Å². The molecular weight excluding hydrogens is 283 g/mol. The number of benzene rings is 1. The van der Waals surface area contributed by atoms with Gasteiger partial charge in [-0.1, -0.05) is 11.8 Å². The lowest BCUT2D eigenvalue weighted by Crippen LogP contribution is -2.25. The number of amidine groups is 1. The molecule has 1 aliphatic heterocycles. The fourth-order valence-electron chi connectivity index (χ4n) is 1.83. The molecule has 0 unspecified atom stereocenters. The van der Waals surface area contributed by atoms with Crippen molar-refractivity contribution in [2.24, 2.45) is 4.99 Å². The van der Waals surface area contributed by atoms with Gasteiger partial charge in [-0.15, -0.1) is 0 Å². The number of hydrogen-bond donors (Lipinski definition) is 0. The highest BCUT2D eigenvalue weighted by molar-refractivity contribution is 8.14. The third-order valence-corrected chi connectivity index (χ3v) is 3.62. The zero-order valence-electron chi connectivity index (χ0n) is 11.3. The molecule has 0 atom stereocenters. The smallest absolute Gasteiger partial charge is 0.436 e. The summed E-state index contributed by atoms with van der Waals surface area (Å²) in [6.07, 6.45) is -0.641. The number of halogens is 1. The van der Waals surface area contributed by atoms with E-state index in [-0.39, 0.29) is 12.4 Å². The average molecular weight is 298 g/mol. The van der Waals surface area contributed by atoms with Crippen molar-refractivity contribution in [2.45, 2.75) is 6.92 Å². The van der Waals surface area contributed by atoms with Gasteiger partial charge in [-0.05, 0) is 19.1 Å². The number of nitrogens with zero attached hydrogens (tertiary/aromatic N) is 2. The maximum Gasteiger partial charge on any atom is 0.436 e. The molecule has 1 amide bonds. The molecule has 2 rings (SSSR count). The van der Waals surface area contributed by atoms with Crippen LogP contribution in [0.5, 0.6) is 5.75 Å². The zero-order chi connectivity index (χ0) is 14.5. The van der Waals surface area contributed by atoms with Crippen LogP contribution in [-0.4, -0.2) is 37.3 Å². The van der Waals surface area contributed by atoms with E-state index in [4.69, 9.17) is 9.47 Å². The molecule has 0 N–H and O–H groups in total. The molecule has 0 aromatic heterocycles. The highest BCUT2D eigenvalue weighted by Gasteiger charge is 2.25. The van der Waals surface area contributed by atoms with Gasteiger partial charge in [0.15, 0.2) is 5.17 Å². The Morgan fingerprint density at radius 2 is 2.35 bits per heavy atom. The first-order chi connectivity index (χ1) is 9.65. The van der Waals surface area contributed by atoms with Gasteiger partial charge in [0.25, 0.3) is 0 Å². The van der Waals surface area contributed by atoms with Gasteiger partial charge in [-0.25, -0.2) is 9.18 Å². The largest absolute Gasteiger partial charge is 0.495 e. The van der Waals surface area contributed by atoms with Gasteiger partial charge in [0.05, 0.1) is 19.4 Å². The molecule has 20 heavy (non-hydrogen) atoms. The van der Waals surface area contributed by atoms with Crippen LogP contribution >= 0.6 is 11.8 Å². The number of methoxy groups -OCH3 is 1. The molecule has 5 nitrogen and oxygen atoms in total. The average Bonchev–Trinajstić information content (AvgIpc) is 2.86. The van der Waals surface area contributed by atoms with Gasteiger partial charge in [0.1, 0.15) is 11.6 Å². The quantitative estimate of drug-likeness (QED) is 0.859. The first-order valence-electron chi connectivity index (χ1n) is 6.15. The van der Waals surface area contributed by atoms with E-state index < -0.39 is 6.09 Å². The Labute approximate surface area is 120 Å². The monoisotopic (exact) mass is 298 g/mol. The summed E-state index contributed by atoms with van der Waals surface area (Å²) in [5, 5.41) is 0.493. The summed E-state index contributed by atoms with van der Waals surface area (Å²) >= 11 is 1.42. The zero-order valence-corrected chi connectivity index (χ0v) is 12.1. The lowest BCUT2D eigenvalue weighted by molar-refractivity contribution is 0.163. The molecule has 1 saturated heterocycles. The summed E-state index contributed by atoms with van der Waals surface area (Å²) in [4.78, 5) is 17.1. The van der Waals surface area contributed by atoms with E-state index in [1.807, 2.05) is 0 Å². The Morgan fingerprint density at radius 1 is 1.55 bits per heavy atom. The summed E-state index contributed by atoms with van der Waals surface area (Å²) in [5.41, 5.74) is 0.556. The molecule has 0 saturated carbocycles. The van der Waals surface area contributed by atoms with Crippen molar-refractivity contribution in [2.75, 3.05) is 30.9 Å². The van der Waals surface area contributed by atoms with Gasteiger partial charge in [-0.2, -0.15) is 4.99 Å². The topological polar surface area (TPSA) is 51.1 Å². The number of carbonyl (C=O) groups excluding carboxylic acids is 1. The Bertz CT molecular complexity index is 536. The molecule has 0 bridgehead atoms. The lowest BCUT2D eigenvalue weighted by atomic mass is 10.2. The van der Waals surface area contributed by atoms with E-state index in [0.717, 1.165) is 5.75 Å². The minimum atomic E-state index is -0.641. The fraction of sp³-hybridized carbons (Fsp3) is 0.385. The van der Waals surface area contributed by atoms with Gasteiger partial charge in [0.2, 0.25) is 0 Å². The summed E-state index contributed by atoms with van der Waals surface area (Å²) in [7, 11) is 1.52. The molecule has 1 aliphatic rings. The summed E-state index contributed by atoms with van der Waals surface area (Å²) < 4.78 is 23.4. The van der Waals surface area contributed by atoms with Crippen molar-refractivity contribution in [3.05, 3.63) is 24.0 Å². The van der Waals surface area contributed by atoms with Crippen molar-refractivity contribution in [3.8, 4) is 5.75 Å². The van der Waals surface area contributed by atoms with E-state index in [1.165, 1.54) is 31.0 Å². The molecule has 1 aromatic carbocycles. The van der Waals surface area contributed by atoms with Crippen molar-refractivity contribution in [3.63, 3.8) is 0 Å². The molecule has 108 valence electrons. The van der Waals surface area contributed by atoms with E-state index in [1.54, 1.807) is 17.9 Å². The number of rotatable bonds is 3. The highest BCUT2D eigenvalue weighted by Crippen LogP contribution is 2.34. The standard InChI is InChI=1S/C13H15FN2O3S/c1-3-19-13(17)15-12-16(6-7-20-12)10-8-9(14)4-5-11(10)18-2/h4-5,8H,3,6-7H2,1-2H3. The van der Waals surface area contributed by atoms with Gasteiger partial charge >= 0.3 is 6.09 Å². The molecular formula is C13H15FN2O3S. The van der Waals surface area contributed by atoms with E-state index >= 15 is 0 Å². The van der Waals surface area contributed by atoms with Crippen molar-refractivity contribution >= 4 is 28.7 Å². The summed E-state index contributed by atoms with van der Waals surface area (Å²) in [6, 6.07) is 4.24. The molecule has 1 fully saturated rings. The molecule has 0 radical (unpaired) electrons. The lowest BCUT2D eigenvalue weighted by Gasteiger charge is -2.20. The number of aliphatic imine (C=N–C) groups is 1. The second-order valence-electron chi connectivity index (χ2n) is 3.91. The van der Waals surface area contributed by atoms with E-state index in [0.29, 0.717) is 23.1 Å². The first-order valence-corrected chi connectivity index (χ1v) is 7.13. The molecule has 0 spiro atoms. The second kappa shape index (κ2) is 6.60. The third kappa shape index (κ3) is 3.22. The molecule has 1 heterocycles. The van der Waals surface area contributed by atoms with Crippen molar-refractivity contribution in [1.82, 2.24) is 0 Å². The van der Waals surface area contributed by atoms with Crippen LogP contribution in [-0.2, 0) is 4.74 Å². The maximum atomic E-state index is 13.4. The van der Waals surface area contributed by atoms with Crippen LogP contribution in [0.4, 0.5) is 14.9 Å². The summed E-state index contributed by atoms with van der Waals surface area (Å²) in [5.74, 6) is 0.927. The van der Waals surface area contributed by atoms with Crippen LogP contribution in [0.1, 0.15) is 6.92 Å². The van der Waals surface area contributed by atoms with Crippen LogP contribution in [0.2, 0.25) is 0 Å². The number of amides is 1. The number of anilines is 1. The summed E-state index contributed by atoms with van der Waals surface area (Å²) in [6.45, 7) is 2.61. The molecule has 7 heteroatoms. The highest BCUT2D eigenvalue weighted by atomic mass is 32.2. The van der Waals surface area contributed by atoms with Crippen LogP contribution < -0.4 is 9.64 Å². The van der Waals surface area contributed by atoms with Crippen LogP contribution in [0.15, 0.2) is 23.2 Å². The SMILES string of the molecule is CCOC(=O)N=C1SCCN1c1cc(F)ccc1OC. The second-order valence-corrected chi connectivity index (χ2v) is 4.97. The predicted octanol–water partition coefficient (Wildman–Crippen LogP) is 2.90. The van der Waals surface area contributed by atoms with Gasteiger partial charge < -0.3 is 14.4 Å². The number of hydrogen-bond acceptors (Lipinski definition) is 4. The van der Waals surface area contributed by atoms with E-state index in [2.05, 4.69) is 4.99 Å². The minimum absolute atomic E-state index is 0.267. The Morgan fingerprint density at radius 3 is 3.05 bits per heavy atom. The molecule has 1 aromatic rings. The predicted molar refractivity (Wildman–Crippen MR) is 77.2 cm³/mol. The third-order valence-electron chi connectivity index (χ3n) is 2.66. The Balaban J connectivity index is 2.31. The van der Waals surface area contributed by atoms with Crippen LogP contribution in [0.3, 0.4) is 0 Å². The fourth-order valence-corrected chi connectivity index (χ4v) is 2.77. The Hall–Kier alpha value is -1.76. The van der Waals surface area contributed by atoms with Crippen molar-refractivity contribution < 1.29 is 18.7 Å². The number of carbonyl (C=O) groups is 1. The minimum Gasteiger partial charge on any atom is -0.495 e. The van der Waals surface area contributed by atoms with Gasteiger partial charge in [-0.3, -0.25) is 0 Å². The molecule has 0 aliphatic carbocycles.